The van der Waals surface area contributed by atoms with Gasteiger partial charge in [0, 0.05) is 12.1 Å². The minimum atomic E-state index is -0.408. The summed E-state index contributed by atoms with van der Waals surface area (Å²) in [6.07, 6.45) is 1.53. The summed E-state index contributed by atoms with van der Waals surface area (Å²) in [6.45, 7) is 0.820. The Morgan fingerprint density at radius 2 is 2.24 bits per heavy atom. The Balaban J connectivity index is 2.34. The SMILES string of the molecule is NC(=O)CNCCCc1cccc([N+](=O)[O-])c1. The number of nitrogens with zero attached hydrogens (tertiary/aromatic N) is 1. The average molecular weight is 237 g/mol. The lowest BCUT2D eigenvalue weighted by atomic mass is 10.1. The summed E-state index contributed by atoms with van der Waals surface area (Å²) in [7, 11) is 0. The number of hydrogen-bond acceptors (Lipinski definition) is 4. The maximum Gasteiger partial charge on any atom is 0.269 e. The molecule has 0 spiro atoms. The molecule has 6 nitrogen and oxygen atoms in total. The van der Waals surface area contributed by atoms with Gasteiger partial charge in [-0.2, -0.15) is 0 Å². The number of benzene rings is 1. The fourth-order valence-corrected chi connectivity index (χ4v) is 1.45. The van der Waals surface area contributed by atoms with Crippen LogP contribution in [0.1, 0.15) is 12.0 Å². The smallest absolute Gasteiger partial charge is 0.269 e. The number of rotatable bonds is 7. The third-order valence-electron chi connectivity index (χ3n) is 2.24. The molecule has 0 unspecified atom stereocenters. The van der Waals surface area contributed by atoms with Crippen LogP contribution < -0.4 is 11.1 Å². The molecule has 0 fully saturated rings. The molecule has 3 N–H and O–H groups in total. The molecule has 0 saturated carbocycles. The molecular weight excluding hydrogens is 222 g/mol. The molecule has 0 aliphatic rings. The zero-order valence-corrected chi connectivity index (χ0v) is 9.39. The third-order valence-corrected chi connectivity index (χ3v) is 2.24. The number of amides is 1. The van der Waals surface area contributed by atoms with Crippen molar-refractivity contribution in [2.75, 3.05) is 13.1 Å². The molecule has 0 bridgehead atoms. The Hall–Kier alpha value is -1.95. The van der Waals surface area contributed by atoms with E-state index in [0.717, 1.165) is 18.4 Å². The van der Waals surface area contributed by atoms with Gasteiger partial charge < -0.3 is 11.1 Å². The lowest BCUT2D eigenvalue weighted by Crippen LogP contribution is -2.29. The summed E-state index contributed by atoms with van der Waals surface area (Å²) >= 11 is 0. The van der Waals surface area contributed by atoms with Gasteiger partial charge in [0.25, 0.3) is 5.69 Å². The topological polar surface area (TPSA) is 98.3 Å². The predicted octanol–water partition coefficient (Wildman–Crippen LogP) is 0.602. The predicted molar refractivity (Wildman–Crippen MR) is 63.5 cm³/mol. The molecule has 17 heavy (non-hydrogen) atoms. The van der Waals surface area contributed by atoms with Crippen molar-refractivity contribution in [2.24, 2.45) is 5.73 Å². The van der Waals surface area contributed by atoms with Crippen molar-refractivity contribution in [1.82, 2.24) is 5.32 Å². The van der Waals surface area contributed by atoms with Crippen molar-refractivity contribution in [2.45, 2.75) is 12.8 Å². The molecule has 0 radical (unpaired) electrons. The number of nitrogens with two attached hydrogens (primary N) is 1. The number of hydrogen-bond donors (Lipinski definition) is 2. The van der Waals surface area contributed by atoms with Gasteiger partial charge in [0.2, 0.25) is 5.91 Å². The lowest BCUT2D eigenvalue weighted by molar-refractivity contribution is -0.384. The average Bonchev–Trinajstić information content (AvgIpc) is 2.28. The van der Waals surface area contributed by atoms with E-state index in [9.17, 15) is 14.9 Å². The number of nitrogens with one attached hydrogen (secondary N) is 1. The Morgan fingerprint density at radius 1 is 1.47 bits per heavy atom. The number of carbonyl (C=O) groups excluding carboxylic acids is 1. The van der Waals surface area contributed by atoms with Crippen molar-refractivity contribution >= 4 is 11.6 Å². The van der Waals surface area contributed by atoms with E-state index in [2.05, 4.69) is 5.32 Å². The minimum absolute atomic E-state index is 0.104. The first-order chi connectivity index (χ1) is 8.09. The summed E-state index contributed by atoms with van der Waals surface area (Å²) in [5.41, 5.74) is 5.98. The standard InChI is InChI=1S/C11H15N3O3/c12-11(15)8-13-6-2-4-9-3-1-5-10(7-9)14(16)17/h1,3,5,7,13H,2,4,6,8H2,(H2,12,15). The number of non-ortho nitro benzene ring substituents is 1. The highest BCUT2D eigenvalue weighted by atomic mass is 16.6. The second-order valence-corrected chi connectivity index (χ2v) is 3.67. The van der Waals surface area contributed by atoms with Crippen LogP contribution in [0.5, 0.6) is 0 Å². The first kappa shape index (κ1) is 13.1. The van der Waals surface area contributed by atoms with Crippen LogP contribution in [-0.2, 0) is 11.2 Å². The zero-order chi connectivity index (χ0) is 12.7. The Morgan fingerprint density at radius 3 is 2.88 bits per heavy atom. The van der Waals surface area contributed by atoms with Crippen molar-refractivity contribution in [3.63, 3.8) is 0 Å². The van der Waals surface area contributed by atoms with E-state index in [-0.39, 0.29) is 18.1 Å². The van der Waals surface area contributed by atoms with Gasteiger partial charge in [-0.15, -0.1) is 0 Å². The number of nitro benzene ring substituents is 1. The normalized spacial score (nSPS) is 10.1. The second kappa shape index (κ2) is 6.59. The highest BCUT2D eigenvalue weighted by Gasteiger charge is 2.05. The quantitative estimate of drug-likeness (QED) is 0.412. The Bertz CT molecular complexity index is 407. The fraction of sp³-hybridized carbons (Fsp3) is 0.364. The molecule has 1 amide bonds. The van der Waals surface area contributed by atoms with E-state index < -0.39 is 4.92 Å². The fourth-order valence-electron chi connectivity index (χ4n) is 1.45. The number of nitro groups is 1. The highest BCUT2D eigenvalue weighted by Crippen LogP contribution is 2.13. The monoisotopic (exact) mass is 237 g/mol. The maximum atomic E-state index is 10.5. The van der Waals surface area contributed by atoms with E-state index in [1.807, 2.05) is 6.07 Å². The van der Waals surface area contributed by atoms with Gasteiger partial charge >= 0.3 is 0 Å². The molecule has 0 aliphatic carbocycles. The molecular formula is C11H15N3O3. The Labute approximate surface area is 99.0 Å². The van der Waals surface area contributed by atoms with Crippen LogP contribution >= 0.6 is 0 Å². The summed E-state index contributed by atoms with van der Waals surface area (Å²) < 4.78 is 0. The van der Waals surface area contributed by atoms with Crippen LogP contribution in [-0.4, -0.2) is 23.9 Å². The van der Waals surface area contributed by atoms with Gasteiger partial charge in [-0.25, -0.2) is 0 Å². The maximum absolute atomic E-state index is 10.5. The van der Waals surface area contributed by atoms with Gasteiger partial charge in [0.1, 0.15) is 0 Å². The minimum Gasteiger partial charge on any atom is -0.369 e. The Kier molecular flexibility index (Phi) is 5.09. The molecule has 1 aromatic rings. The summed E-state index contributed by atoms with van der Waals surface area (Å²) in [5.74, 6) is -0.389. The van der Waals surface area contributed by atoms with E-state index in [0.29, 0.717) is 6.54 Å². The molecule has 6 heteroatoms. The molecule has 1 aromatic carbocycles. The van der Waals surface area contributed by atoms with Crippen molar-refractivity contribution in [1.29, 1.82) is 0 Å². The van der Waals surface area contributed by atoms with Gasteiger partial charge in [-0.3, -0.25) is 14.9 Å². The summed E-state index contributed by atoms with van der Waals surface area (Å²) in [6, 6.07) is 6.55. The number of carbonyl (C=O) groups is 1. The molecule has 92 valence electrons. The molecule has 0 atom stereocenters. The van der Waals surface area contributed by atoms with Gasteiger partial charge in [-0.05, 0) is 24.9 Å². The van der Waals surface area contributed by atoms with E-state index in [1.165, 1.54) is 6.07 Å². The van der Waals surface area contributed by atoms with Crippen LogP contribution in [0.3, 0.4) is 0 Å². The van der Waals surface area contributed by atoms with Crippen molar-refractivity contribution < 1.29 is 9.72 Å². The third kappa shape index (κ3) is 5.07. The number of aryl methyl sites for hydroxylation is 1. The molecule has 0 aliphatic heterocycles. The first-order valence-electron chi connectivity index (χ1n) is 5.32. The lowest BCUT2D eigenvalue weighted by Gasteiger charge is -2.02. The highest BCUT2D eigenvalue weighted by molar-refractivity contribution is 5.75. The van der Waals surface area contributed by atoms with Crippen LogP contribution in [0.15, 0.2) is 24.3 Å². The van der Waals surface area contributed by atoms with Gasteiger partial charge in [-0.1, -0.05) is 12.1 Å². The summed E-state index contributed by atoms with van der Waals surface area (Å²) in [5, 5.41) is 13.4. The first-order valence-corrected chi connectivity index (χ1v) is 5.32. The van der Waals surface area contributed by atoms with Crippen LogP contribution in [0.4, 0.5) is 5.69 Å². The molecule has 1 rings (SSSR count). The van der Waals surface area contributed by atoms with E-state index in [1.54, 1.807) is 12.1 Å². The molecule has 0 aromatic heterocycles. The van der Waals surface area contributed by atoms with Crippen LogP contribution in [0.2, 0.25) is 0 Å². The zero-order valence-electron chi connectivity index (χ0n) is 9.39. The molecule has 0 heterocycles. The van der Waals surface area contributed by atoms with Gasteiger partial charge in [0.15, 0.2) is 0 Å². The van der Waals surface area contributed by atoms with Crippen LogP contribution in [0, 0.1) is 10.1 Å². The number of primary amides is 1. The van der Waals surface area contributed by atoms with Crippen molar-refractivity contribution in [3.05, 3.63) is 39.9 Å². The van der Waals surface area contributed by atoms with Gasteiger partial charge in [0.05, 0.1) is 11.5 Å². The van der Waals surface area contributed by atoms with Crippen molar-refractivity contribution in [3.8, 4) is 0 Å². The van der Waals surface area contributed by atoms with E-state index >= 15 is 0 Å². The largest absolute Gasteiger partial charge is 0.369 e. The summed E-state index contributed by atoms with van der Waals surface area (Å²) in [4.78, 5) is 20.6. The molecule has 0 saturated heterocycles. The second-order valence-electron chi connectivity index (χ2n) is 3.67. The van der Waals surface area contributed by atoms with Crippen LogP contribution in [0.25, 0.3) is 0 Å². The van der Waals surface area contributed by atoms with E-state index in [4.69, 9.17) is 5.73 Å².